The summed E-state index contributed by atoms with van der Waals surface area (Å²) in [6, 6.07) is 6.50. The summed E-state index contributed by atoms with van der Waals surface area (Å²) < 4.78 is 0. The van der Waals surface area contributed by atoms with Gasteiger partial charge in [0.1, 0.15) is 0 Å². The molecule has 1 aromatic carbocycles. The fourth-order valence-corrected chi connectivity index (χ4v) is 1.71. The molecule has 23 heavy (non-hydrogen) atoms. The molecule has 1 nitrogen and oxygen atoms in total. The van der Waals surface area contributed by atoms with Gasteiger partial charge >= 0.3 is 0 Å². The predicted molar refractivity (Wildman–Crippen MR) is 106 cm³/mol. The Kier molecular flexibility index (Phi) is 15.7. The number of benzene rings is 1. The lowest BCUT2D eigenvalue weighted by atomic mass is 10.0. The van der Waals surface area contributed by atoms with Gasteiger partial charge in [0.2, 0.25) is 0 Å². The molecule has 0 aromatic heterocycles. The zero-order valence-corrected chi connectivity index (χ0v) is 16.3. The third-order valence-electron chi connectivity index (χ3n) is 3.57. The van der Waals surface area contributed by atoms with Crippen molar-refractivity contribution in [3.63, 3.8) is 0 Å². The number of carbonyl (C=O) groups is 1. The molecule has 0 saturated heterocycles. The van der Waals surface area contributed by atoms with Gasteiger partial charge in [-0.25, -0.2) is 0 Å². The maximum atomic E-state index is 10.7. The summed E-state index contributed by atoms with van der Waals surface area (Å²) in [5, 5.41) is 0. The number of aryl methyl sites for hydroxylation is 2. The van der Waals surface area contributed by atoms with Crippen molar-refractivity contribution in [2.24, 2.45) is 5.92 Å². The second kappa shape index (κ2) is 15.3. The van der Waals surface area contributed by atoms with E-state index in [0.29, 0.717) is 12.3 Å². The minimum atomic E-state index is 0.223. The van der Waals surface area contributed by atoms with Gasteiger partial charge in [0, 0.05) is 6.42 Å². The van der Waals surface area contributed by atoms with E-state index < -0.39 is 0 Å². The van der Waals surface area contributed by atoms with Crippen LogP contribution in [0.5, 0.6) is 0 Å². The molecule has 0 aliphatic rings. The van der Waals surface area contributed by atoms with Crippen LogP contribution in [0.25, 0.3) is 6.08 Å². The summed E-state index contributed by atoms with van der Waals surface area (Å²) in [6.45, 7) is 18.1. The Hall–Kier alpha value is -1.63. The van der Waals surface area contributed by atoms with Gasteiger partial charge in [0.15, 0.2) is 5.78 Å². The summed E-state index contributed by atoms with van der Waals surface area (Å²) in [7, 11) is 0. The maximum Gasteiger partial charge on any atom is 0.155 e. The van der Waals surface area contributed by atoms with Crippen molar-refractivity contribution in [1.29, 1.82) is 0 Å². The Morgan fingerprint density at radius 2 is 1.83 bits per heavy atom. The molecule has 0 N–H and O–H groups in total. The first-order valence-corrected chi connectivity index (χ1v) is 8.91. The van der Waals surface area contributed by atoms with E-state index in [9.17, 15) is 4.79 Å². The summed E-state index contributed by atoms with van der Waals surface area (Å²) >= 11 is 0. The highest BCUT2D eigenvalue weighted by molar-refractivity contribution is 5.89. The Morgan fingerprint density at radius 3 is 2.22 bits per heavy atom. The molecular formula is C22H36O. The molecular weight excluding hydrogens is 280 g/mol. The summed E-state index contributed by atoms with van der Waals surface area (Å²) in [6.07, 6.45) is 8.40. The number of hydrogen-bond donors (Lipinski definition) is 0. The molecule has 0 heterocycles. The minimum absolute atomic E-state index is 0.223. The molecule has 0 radical (unpaired) electrons. The van der Waals surface area contributed by atoms with Gasteiger partial charge in [0.05, 0.1) is 0 Å². The van der Waals surface area contributed by atoms with E-state index in [4.69, 9.17) is 0 Å². The Labute approximate surface area is 144 Å². The van der Waals surface area contributed by atoms with Crippen LogP contribution in [0.1, 0.15) is 71.1 Å². The van der Waals surface area contributed by atoms with Crippen molar-refractivity contribution < 1.29 is 4.79 Å². The number of carbonyl (C=O) groups excluding carboxylic acids is 1. The van der Waals surface area contributed by atoms with Gasteiger partial charge in [-0.05, 0) is 42.0 Å². The average Bonchev–Trinajstić information content (AvgIpc) is 2.61. The largest absolute Gasteiger partial charge is 0.295 e. The van der Waals surface area contributed by atoms with Crippen LogP contribution in [-0.4, -0.2) is 5.78 Å². The number of allylic oxidation sites excluding steroid dienone is 2. The Balaban J connectivity index is 0. The zero-order chi connectivity index (χ0) is 18.3. The molecule has 130 valence electrons. The zero-order valence-electron chi connectivity index (χ0n) is 16.3. The highest BCUT2D eigenvalue weighted by Crippen LogP contribution is 2.12. The summed E-state index contributed by atoms with van der Waals surface area (Å²) in [5.74, 6) is 0.760. The van der Waals surface area contributed by atoms with Crippen molar-refractivity contribution >= 4 is 11.9 Å². The van der Waals surface area contributed by atoms with Crippen LogP contribution in [0.3, 0.4) is 0 Å². The van der Waals surface area contributed by atoms with Gasteiger partial charge in [-0.1, -0.05) is 84.9 Å². The van der Waals surface area contributed by atoms with Gasteiger partial charge in [-0.15, -0.1) is 0 Å². The SMILES string of the molecule is C=Cc1ccc(CC)cc1C.CC.CCC(=O)/C=C\C(C)CC. The van der Waals surface area contributed by atoms with E-state index in [1.54, 1.807) is 6.08 Å². The van der Waals surface area contributed by atoms with Gasteiger partial charge in [0.25, 0.3) is 0 Å². The quantitative estimate of drug-likeness (QED) is 0.528. The smallest absolute Gasteiger partial charge is 0.155 e. The average molecular weight is 317 g/mol. The van der Waals surface area contributed by atoms with Gasteiger partial charge < -0.3 is 0 Å². The van der Waals surface area contributed by atoms with E-state index in [-0.39, 0.29) is 5.78 Å². The lowest BCUT2D eigenvalue weighted by molar-refractivity contribution is -0.114. The maximum absolute atomic E-state index is 10.7. The Morgan fingerprint density at radius 1 is 1.22 bits per heavy atom. The number of rotatable bonds is 6. The van der Waals surface area contributed by atoms with Crippen molar-refractivity contribution in [2.45, 2.75) is 67.7 Å². The molecule has 0 saturated carbocycles. The second-order valence-corrected chi connectivity index (χ2v) is 5.31. The highest BCUT2D eigenvalue weighted by Gasteiger charge is 1.94. The topological polar surface area (TPSA) is 17.1 Å². The number of hydrogen-bond acceptors (Lipinski definition) is 1. The van der Waals surface area contributed by atoms with Crippen molar-refractivity contribution in [3.05, 3.63) is 53.6 Å². The molecule has 1 heteroatoms. The molecule has 0 bridgehead atoms. The Bertz CT molecular complexity index is 469. The predicted octanol–water partition coefficient (Wildman–Crippen LogP) is 6.79. The molecule has 0 aliphatic heterocycles. The van der Waals surface area contributed by atoms with Crippen molar-refractivity contribution in [3.8, 4) is 0 Å². The van der Waals surface area contributed by atoms with Crippen molar-refractivity contribution in [1.82, 2.24) is 0 Å². The van der Waals surface area contributed by atoms with Crippen LogP contribution < -0.4 is 0 Å². The van der Waals surface area contributed by atoms with E-state index in [1.807, 2.05) is 32.9 Å². The molecule has 1 atom stereocenters. The fraction of sp³-hybridized carbons (Fsp3) is 0.500. The normalized spacial score (nSPS) is 10.9. The van der Waals surface area contributed by atoms with E-state index in [0.717, 1.165) is 12.8 Å². The first-order valence-electron chi connectivity index (χ1n) is 8.91. The molecule has 0 amide bonds. The highest BCUT2D eigenvalue weighted by atomic mass is 16.1. The van der Waals surface area contributed by atoms with Crippen molar-refractivity contribution in [2.75, 3.05) is 0 Å². The standard InChI is InChI=1S/C11H14.C9H16O.C2H6/c1-4-10-6-7-11(5-2)9(3)8-10;1-4-8(3)6-7-9(10)5-2;1-2/h5-8H,2,4H2,1,3H3;6-8H,4-5H2,1-3H3;1-2H3/b;7-6-;. The minimum Gasteiger partial charge on any atom is -0.295 e. The monoisotopic (exact) mass is 316 g/mol. The van der Waals surface area contributed by atoms with Gasteiger partial charge in [-0.2, -0.15) is 0 Å². The van der Waals surface area contributed by atoms with Crippen LogP contribution in [0, 0.1) is 12.8 Å². The summed E-state index contributed by atoms with van der Waals surface area (Å²) in [4.78, 5) is 10.7. The van der Waals surface area contributed by atoms with E-state index in [1.165, 1.54) is 16.7 Å². The first kappa shape index (κ1) is 23.6. The molecule has 1 rings (SSSR count). The van der Waals surface area contributed by atoms with Crippen LogP contribution >= 0.6 is 0 Å². The lowest BCUT2D eigenvalue weighted by Gasteiger charge is -2.02. The lowest BCUT2D eigenvalue weighted by Crippen LogP contribution is -1.91. The van der Waals surface area contributed by atoms with Crippen LogP contribution in [0.4, 0.5) is 0 Å². The molecule has 0 fully saturated rings. The third kappa shape index (κ3) is 11.6. The van der Waals surface area contributed by atoms with E-state index >= 15 is 0 Å². The van der Waals surface area contributed by atoms with Crippen LogP contribution in [-0.2, 0) is 11.2 Å². The first-order chi connectivity index (χ1) is 11.0. The second-order valence-electron chi connectivity index (χ2n) is 5.31. The molecule has 0 spiro atoms. The molecule has 0 aliphatic carbocycles. The fourth-order valence-electron chi connectivity index (χ4n) is 1.71. The van der Waals surface area contributed by atoms with Gasteiger partial charge in [-0.3, -0.25) is 4.79 Å². The van der Waals surface area contributed by atoms with Crippen LogP contribution in [0.2, 0.25) is 0 Å². The molecule has 1 unspecified atom stereocenters. The van der Waals surface area contributed by atoms with Crippen LogP contribution in [0.15, 0.2) is 36.9 Å². The third-order valence-corrected chi connectivity index (χ3v) is 3.57. The summed E-state index contributed by atoms with van der Waals surface area (Å²) in [5.41, 5.74) is 3.95. The van der Waals surface area contributed by atoms with E-state index in [2.05, 4.69) is 52.5 Å². The molecule has 1 aromatic rings. The number of ketones is 1.